The third-order valence-corrected chi connectivity index (χ3v) is 5.29. The molecule has 0 spiro atoms. The average Bonchev–Trinajstić information content (AvgIpc) is 3.16. The number of anilines is 1. The first-order valence-corrected chi connectivity index (χ1v) is 8.51. The van der Waals surface area contributed by atoms with Gasteiger partial charge in [0.25, 0.3) is 11.5 Å². The molecule has 0 aromatic carbocycles. The minimum Gasteiger partial charge on any atom is -0.356 e. The molecule has 4 heterocycles. The number of aromatic nitrogens is 3. The van der Waals surface area contributed by atoms with E-state index in [4.69, 9.17) is 0 Å². The topological polar surface area (TPSA) is 71.3 Å². The Hall–Kier alpha value is -2.70. The number of hydrogen-bond donors (Lipinski definition) is 0. The lowest BCUT2D eigenvalue weighted by Gasteiger charge is -2.23. The molecule has 7 nitrogen and oxygen atoms in total. The number of rotatable bonds is 2. The molecule has 0 N–H and O–H groups in total. The van der Waals surface area contributed by atoms with Gasteiger partial charge in [-0.15, -0.1) is 0 Å². The summed E-state index contributed by atoms with van der Waals surface area (Å²) in [6.07, 6.45) is 5.08. The van der Waals surface area contributed by atoms with Crippen molar-refractivity contribution in [3.8, 4) is 0 Å². The molecule has 7 heteroatoms. The molecular formula is C18H21N5O2. The van der Waals surface area contributed by atoms with E-state index in [-0.39, 0.29) is 17.0 Å². The minimum atomic E-state index is -0.234. The molecule has 0 bridgehead atoms. The molecule has 130 valence electrons. The highest BCUT2D eigenvalue weighted by atomic mass is 16.2. The molecule has 0 radical (unpaired) electrons. The first kappa shape index (κ1) is 15.8. The van der Waals surface area contributed by atoms with Gasteiger partial charge in [0.2, 0.25) is 0 Å². The van der Waals surface area contributed by atoms with Gasteiger partial charge in [-0.1, -0.05) is 0 Å². The monoisotopic (exact) mass is 339 g/mol. The summed E-state index contributed by atoms with van der Waals surface area (Å²) in [6, 6.07) is 3.36. The molecule has 2 fully saturated rings. The lowest BCUT2D eigenvalue weighted by atomic mass is 10.0. The van der Waals surface area contributed by atoms with E-state index in [1.165, 1.54) is 4.57 Å². The molecule has 2 unspecified atom stereocenters. The minimum absolute atomic E-state index is 0.152. The molecule has 0 saturated carbocycles. The van der Waals surface area contributed by atoms with Crippen molar-refractivity contribution in [2.75, 3.05) is 31.1 Å². The fourth-order valence-electron chi connectivity index (χ4n) is 3.99. The van der Waals surface area contributed by atoms with Gasteiger partial charge in [0, 0.05) is 63.0 Å². The van der Waals surface area contributed by atoms with E-state index >= 15 is 0 Å². The SMILES string of the molecule is Cc1cncnc1N1CC2CN(C(=O)c3cccn(C)c3=O)CC2C1. The van der Waals surface area contributed by atoms with Crippen LogP contribution in [0.15, 0.2) is 35.6 Å². The summed E-state index contributed by atoms with van der Waals surface area (Å²) in [6.45, 7) is 5.19. The van der Waals surface area contributed by atoms with Crippen molar-refractivity contribution in [2.24, 2.45) is 18.9 Å². The molecular weight excluding hydrogens is 318 g/mol. The van der Waals surface area contributed by atoms with E-state index in [2.05, 4.69) is 14.9 Å². The number of amides is 1. The Morgan fingerprint density at radius 3 is 2.60 bits per heavy atom. The summed E-state index contributed by atoms with van der Waals surface area (Å²) in [5, 5.41) is 0. The fraction of sp³-hybridized carbons (Fsp3) is 0.444. The summed E-state index contributed by atoms with van der Waals surface area (Å²) < 4.78 is 1.45. The lowest BCUT2D eigenvalue weighted by molar-refractivity contribution is 0.0780. The number of carbonyl (C=O) groups is 1. The zero-order chi connectivity index (χ0) is 17.6. The lowest BCUT2D eigenvalue weighted by Crippen LogP contribution is -2.37. The largest absolute Gasteiger partial charge is 0.356 e. The van der Waals surface area contributed by atoms with Crippen LogP contribution in [0.5, 0.6) is 0 Å². The van der Waals surface area contributed by atoms with Gasteiger partial charge in [0.05, 0.1) is 0 Å². The predicted molar refractivity (Wildman–Crippen MR) is 93.5 cm³/mol. The maximum absolute atomic E-state index is 12.7. The first-order valence-electron chi connectivity index (χ1n) is 8.51. The average molecular weight is 339 g/mol. The van der Waals surface area contributed by atoms with E-state index in [9.17, 15) is 9.59 Å². The highest BCUT2D eigenvalue weighted by Gasteiger charge is 2.42. The number of likely N-dealkylation sites (tertiary alicyclic amines) is 1. The van der Waals surface area contributed by atoms with Gasteiger partial charge in [0.1, 0.15) is 17.7 Å². The first-order chi connectivity index (χ1) is 12.0. The van der Waals surface area contributed by atoms with E-state index in [0.29, 0.717) is 24.9 Å². The van der Waals surface area contributed by atoms with Crippen molar-refractivity contribution in [1.29, 1.82) is 0 Å². The van der Waals surface area contributed by atoms with Crippen LogP contribution < -0.4 is 10.5 Å². The highest BCUT2D eigenvalue weighted by Crippen LogP contribution is 2.34. The normalized spacial score (nSPS) is 22.3. The van der Waals surface area contributed by atoms with Crippen LogP contribution in [-0.4, -0.2) is 51.5 Å². The zero-order valence-corrected chi connectivity index (χ0v) is 14.4. The number of nitrogens with zero attached hydrogens (tertiary/aromatic N) is 5. The second-order valence-electron chi connectivity index (χ2n) is 7.00. The van der Waals surface area contributed by atoms with Gasteiger partial charge in [-0.3, -0.25) is 9.59 Å². The Morgan fingerprint density at radius 1 is 1.20 bits per heavy atom. The molecule has 0 aliphatic carbocycles. The van der Waals surface area contributed by atoms with E-state index in [1.807, 2.05) is 18.0 Å². The summed E-state index contributed by atoms with van der Waals surface area (Å²) in [5.74, 6) is 1.68. The van der Waals surface area contributed by atoms with Crippen molar-refractivity contribution in [3.63, 3.8) is 0 Å². The molecule has 1 amide bonds. The summed E-state index contributed by atoms with van der Waals surface area (Å²) in [4.78, 5) is 37.5. The molecule has 25 heavy (non-hydrogen) atoms. The number of pyridine rings is 1. The number of carbonyl (C=O) groups excluding carboxylic acids is 1. The third kappa shape index (κ3) is 2.69. The summed E-state index contributed by atoms with van der Waals surface area (Å²) in [5.41, 5.74) is 1.10. The Kier molecular flexibility index (Phi) is 3.78. The molecule has 2 aromatic rings. The van der Waals surface area contributed by atoms with Crippen molar-refractivity contribution in [3.05, 3.63) is 52.3 Å². The van der Waals surface area contributed by atoms with E-state index in [0.717, 1.165) is 24.5 Å². The highest BCUT2D eigenvalue weighted by molar-refractivity contribution is 5.94. The quantitative estimate of drug-likeness (QED) is 0.805. The maximum atomic E-state index is 12.7. The number of hydrogen-bond acceptors (Lipinski definition) is 5. The molecule has 4 rings (SSSR count). The van der Waals surface area contributed by atoms with Gasteiger partial charge >= 0.3 is 0 Å². The Balaban J connectivity index is 1.48. The molecule has 2 saturated heterocycles. The van der Waals surface area contributed by atoms with Crippen LogP contribution in [0.3, 0.4) is 0 Å². The molecule has 2 aromatic heterocycles. The molecule has 2 aliphatic rings. The third-order valence-electron chi connectivity index (χ3n) is 5.29. The molecule has 2 atom stereocenters. The van der Waals surface area contributed by atoms with Gasteiger partial charge in [-0.05, 0) is 19.1 Å². The Bertz CT molecular complexity index is 864. The van der Waals surface area contributed by atoms with Crippen molar-refractivity contribution in [2.45, 2.75) is 6.92 Å². The van der Waals surface area contributed by atoms with Crippen molar-refractivity contribution >= 4 is 11.7 Å². The standard InChI is InChI=1S/C18H21N5O2/c1-12-6-19-11-20-16(12)22-7-13-9-23(10-14(13)8-22)18(25)15-4-3-5-21(2)17(15)24/h3-6,11,13-14H,7-10H2,1-2H3. The van der Waals surface area contributed by atoms with E-state index in [1.54, 1.807) is 31.7 Å². The maximum Gasteiger partial charge on any atom is 0.263 e. The second kappa shape index (κ2) is 5.98. The van der Waals surface area contributed by atoms with Crippen molar-refractivity contribution in [1.82, 2.24) is 19.4 Å². The predicted octanol–water partition coefficient (Wildman–Crippen LogP) is 0.692. The summed E-state index contributed by atoms with van der Waals surface area (Å²) >= 11 is 0. The fourth-order valence-corrected chi connectivity index (χ4v) is 3.99. The Labute approximate surface area is 145 Å². The van der Waals surface area contributed by atoms with Crippen LogP contribution in [0.4, 0.5) is 5.82 Å². The number of fused-ring (bicyclic) bond motifs is 1. The summed E-state index contributed by atoms with van der Waals surface area (Å²) in [7, 11) is 1.67. The molecule has 2 aliphatic heterocycles. The van der Waals surface area contributed by atoms with Crippen LogP contribution in [0.1, 0.15) is 15.9 Å². The number of aryl methyl sites for hydroxylation is 2. The van der Waals surface area contributed by atoms with Crippen LogP contribution in [0, 0.1) is 18.8 Å². The second-order valence-corrected chi connectivity index (χ2v) is 7.00. The van der Waals surface area contributed by atoms with Crippen molar-refractivity contribution < 1.29 is 4.79 Å². The van der Waals surface area contributed by atoms with Gasteiger partial charge in [0.15, 0.2) is 0 Å². The van der Waals surface area contributed by atoms with Crippen LogP contribution in [0.25, 0.3) is 0 Å². The van der Waals surface area contributed by atoms with Crippen LogP contribution >= 0.6 is 0 Å². The van der Waals surface area contributed by atoms with Gasteiger partial charge < -0.3 is 14.4 Å². The zero-order valence-electron chi connectivity index (χ0n) is 14.4. The van der Waals surface area contributed by atoms with Crippen LogP contribution in [0.2, 0.25) is 0 Å². The van der Waals surface area contributed by atoms with E-state index < -0.39 is 0 Å². The Morgan fingerprint density at radius 2 is 1.92 bits per heavy atom. The van der Waals surface area contributed by atoms with Gasteiger partial charge in [-0.25, -0.2) is 9.97 Å². The van der Waals surface area contributed by atoms with Gasteiger partial charge in [-0.2, -0.15) is 0 Å². The van der Waals surface area contributed by atoms with Crippen LogP contribution in [-0.2, 0) is 7.05 Å². The smallest absolute Gasteiger partial charge is 0.263 e.